The quantitative estimate of drug-likeness (QED) is 0.499. The summed E-state index contributed by atoms with van der Waals surface area (Å²) in [5.41, 5.74) is 2.27. The van der Waals surface area contributed by atoms with E-state index in [1.165, 1.54) is 12.8 Å². The maximum Gasteiger partial charge on any atom is 0.262 e. The predicted molar refractivity (Wildman–Crippen MR) is 129 cm³/mol. The summed E-state index contributed by atoms with van der Waals surface area (Å²) < 4.78 is 5.49. The number of rotatable bonds is 6. The fourth-order valence-electron chi connectivity index (χ4n) is 3.57. The molecule has 0 saturated carbocycles. The van der Waals surface area contributed by atoms with Crippen molar-refractivity contribution in [3.63, 3.8) is 0 Å². The van der Waals surface area contributed by atoms with Gasteiger partial charge < -0.3 is 15.0 Å². The molecule has 0 radical (unpaired) electrons. The molecule has 3 aromatic rings. The van der Waals surface area contributed by atoms with E-state index in [0.29, 0.717) is 21.5 Å². The van der Waals surface area contributed by atoms with Gasteiger partial charge >= 0.3 is 0 Å². The molecule has 166 valence electrons. The highest BCUT2D eigenvalue weighted by atomic mass is 35.5. The third kappa shape index (κ3) is 5.69. The highest BCUT2D eigenvalue weighted by Gasteiger charge is 2.17. The zero-order valence-electron chi connectivity index (χ0n) is 17.7. The van der Waals surface area contributed by atoms with Crippen molar-refractivity contribution in [2.75, 3.05) is 29.9 Å². The summed E-state index contributed by atoms with van der Waals surface area (Å²) in [5, 5.41) is 12.5. The number of hydrogen-bond donors (Lipinski definition) is 1. The van der Waals surface area contributed by atoms with E-state index in [-0.39, 0.29) is 12.5 Å². The molecule has 2 heterocycles. The lowest BCUT2D eigenvalue weighted by atomic mass is 9.99. The third-order valence-electron chi connectivity index (χ3n) is 5.45. The molecule has 8 heteroatoms. The number of carbonyl (C=O) groups is 1. The van der Waals surface area contributed by atoms with Crippen LogP contribution in [0.4, 0.5) is 11.5 Å². The van der Waals surface area contributed by atoms with Gasteiger partial charge in [-0.15, -0.1) is 10.2 Å². The van der Waals surface area contributed by atoms with Crippen LogP contribution in [0.25, 0.3) is 11.3 Å². The van der Waals surface area contributed by atoms with Crippen molar-refractivity contribution in [1.29, 1.82) is 0 Å². The Morgan fingerprint density at radius 2 is 1.91 bits per heavy atom. The van der Waals surface area contributed by atoms with Crippen LogP contribution in [0.15, 0.2) is 54.6 Å². The number of nitrogens with zero attached hydrogens (tertiary/aromatic N) is 3. The summed E-state index contributed by atoms with van der Waals surface area (Å²) in [6.07, 6.45) is 2.36. The molecule has 1 aliphatic heterocycles. The van der Waals surface area contributed by atoms with Crippen LogP contribution in [0.5, 0.6) is 5.75 Å². The molecule has 1 N–H and O–H groups in total. The second kappa shape index (κ2) is 10.2. The lowest BCUT2D eigenvalue weighted by molar-refractivity contribution is -0.118. The number of carbonyl (C=O) groups excluding carboxylic acids is 1. The number of benzene rings is 2. The average molecular weight is 471 g/mol. The molecule has 1 aliphatic rings. The number of ether oxygens (including phenoxy) is 1. The summed E-state index contributed by atoms with van der Waals surface area (Å²) in [7, 11) is 0. The molecule has 0 unspecified atom stereocenters. The van der Waals surface area contributed by atoms with Crippen molar-refractivity contribution in [2.45, 2.75) is 19.8 Å². The molecule has 1 aromatic heterocycles. The van der Waals surface area contributed by atoms with Gasteiger partial charge in [-0.3, -0.25) is 4.79 Å². The second-order valence-electron chi connectivity index (χ2n) is 7.94. The Hall–Kier alpha value is -2.83. The summed E-state index contributed by atoms with van der Waals surface area (Å²) in [5.74, 6) is 1.78. The van der Waals surface area contributed by atoms with Gasteiger partial charge in [0.05, 0.1) is 10.7 Å². The minimum atomic E-state index is -0.297. The number of amides is 1. The van der Waals surface area contributed by atoms with Gasteiger partial charge in [0.1, 0.15) is 5.75 Å². The summed E-state index contributed by atoms with van der Waals surface area (Å²) >= 11 is 11.9. The molecule has 0 atom stereocenters. The summed E-state index contributed by atoms with van der Waals surface area (Å²) in [4.78, 5) is 14.6. The summed E-state index contributed by atoms with van der Waals surface area (Å²) in [6, 6.07) is 16.3. The smallest absolute Gasteiger partial charge is 0.262 e. The van der Waals surface area contributed by atoms with Crippen molar-refractivity contribution in [2.24, 2.45) is 5.92 Å². The fourth-order valence-corrected chi connectivity index (χ4v) is 4.04. The molecule has 4 rings (SSSR count). The average Bonchev–Trinajstić information content (AvgIpc) is 2.79. The maximum atomic E-state index is 12.3. The zero-order chi connectivity index (χ0) is 22.5. The van der Waals surface area contributed by atoms with Gasteiger partial charge in [0.15, 0.2) is 12.4 Å². The predicted octanol–water partition coefficient (Wildman–Crippen LogP) is 5.70. The van der Waals surface area contributed by atoms with E-state index in [1.807, 2.05) is 36.4 Å². The molecule has 1 fully saturated rings. The van der Waals surface area contributed by atoms with Crippen LogP contribution in [-0.2, 0) is 4.79 Å². The zero-order valence-corrected chi connectivity index (χ0v) is 19.2. The molecule has 32 heavy (non-hydrogen) atoms. The number of piperidine rings is 1. The highest BCUT2D eigenvalue weighted by Crippen LogP contribution is 2.28. The van der Waals surface area contributed by atoms with Crippen molar-refractivity contribution >= 4 is 40.6 Å². The number of aromatic nitrogens is 2. The van der Waals surface area contributed by atoms with E-state index >= 15 is 0 Å². The van der Waals surface area contributed by atoms with Crippen LogP contribution in [0.3, 0.4) is 0 Å². The Morgan fingerprint density at radius 3 is 2.62 bits per heavy atom. The van der Waals surface area contributed by atoms with Crippen LogP contribution in [0.1, 0.15) is 19.8 Å². The standard InChI is InChI=1S/C24H24Cl2N4O2/c1-16-9-11-30(12-10-16)23-8-6-21(28-29-23)17-3-2-4-19(13-17)27-24(31)15-32-22-7-5-18(25)14-20(22)26/h2-8,13-14,16H,9-12,15H2,1H3,(H,27,31). The molecule has 2 aromatic carbocycles. The van der Waals surface area contributed by atoms with E-state index in [2.05, 4.69) is 27.3 Å². The van der Waals surface area contributed by atoms with E-state index in [0.717, 1.165) is 36.1 Å². The lowest BCUT2D eigenvalue weighted by Crippen LogP contribution is -2.33. The molecule has 0 spiro atoms. The first-order valence-electron chi connectivity index (χ1n) is 10.5. The van der Waals surface area contributed by atoms with E-state index < -0.39 is 0 Å². The summed E-state index contributed by atoms with van der Waals surface area (Å²) in [6.45, 7) is 4.14. The normalized spacial score (nSPS) is 14.3. The number of nitrogens with one attached hydrogen (secondary N) is 1. The Kier molecular flexibility index (Phi) is 7.12. The first-order chi connectivity index (χ1) is 15.5. The highest BCUT2D eigenvalue weighted by molar-refractivity contribution is 6.35. The molecule has 0 bridgehead atoms. The molecular formula is C24H24Cl2N4O2. The Balaban J connectivity index is 1.37. The molecule has 1 saturated heterocycles. The van der Waals surface area contributed by atoms with E-state index in [1.54, 1.807) is 18.2 Å². The van der Waals surface area contributed by atoms with Gasteiger partial charge in [0.2, 0.25) is 0 Å². The van der Waals surface area contributed by atoms with Gasteiger partial charge in [-0.05, 0) is 61.2 Å². The van der Waals surface area contributed by atoms with Crippen LogP contribution < -0.4 is 15.0 Å². The number of hydrogen-bond acceptors (Lipinski definition) is 5. The SMILES string of the molecule is CC1CCN(c2ccc(-c3cccc(NC(=O)COc4ccc(Cl)cc4Cl)c3)nn2)CC1. The molecule has 1 amide bonds. The Labute approximate surface area is 197 Å². The number of halogens is 2. The lowest BCUT2D eigenvalue weighted by Gasteiger charge is -2.30. The van der Waals surface area contributed by atoms with Gasteiger partial charge in [-0.2, -0.15) is 0 Å². The van der Waals surface area contributed by atoms with Crippen molar-refractivity contribution in [3.05, 3.63) is 64.6 Å². The van der Waals surface area contributed by atoms with Crippen molar-refractivity contribution < 1.29 is 9.53 Å². The van der Waals surface area contributed by atoms with Crippen LogP contribution in [0.2, 0.25) is 10.0 Å². The molecule has 0 aliphatic carbocycles. The topological polar surface area (TPSA) is 67.4 Å². The first-order valence-corrected chi connectivity index (χ1v) is 11.3. The minimum Gasteiger partial charge on any atom is -0.482 e. The maximum absolute atomic E-state index is 12.3. The Bertz CT molecular complexity index is 1080. The minimum absolute atomic E-state index is 0.172. The fraction of sp³-hybridized carbons (Fsp3) is 0.292. The van der Waals surface area contributed by atoms with E-state index in [4.69, 9.17) is 27.9 Å². The molecule has 6 nitrogen and oxygen atoms in total. The van der Waals surface area contributed by atoms with E-state index in [9.17, 15) is 4.79 Å². The van der Waals surface area contributed by atoms with Crippen molar-refractivity contribution in [3.8, 4) is 17.0 Å². The van der Waals surface area contributed by atoms with Gasteiger partial charge in [-0.25, -0.2) is 0 Å². The third-order valence-corrected chi connectivity index (χ3v) is 5.98. The Morgan fingerprint density at radius 1 is 1.09 bits per heavy atom. The monoisotopic (exact) mass is 470 g/mol. The first kappa shape index (κ1) is 22.4. The number of anilines is 2. The van der Waals surface area contributed by atoms with Crippen LogP contribution in [-0.4, -0.2) is 35.8 Å². The second-order valence-corrected chi connectivity index (χ2v) is 8.78. The molecular weight excluding hydrogens is 447 g/mol. The van der Waals surface area contributed by atoms with Gasteiger partial charge in [0, 0.05) is 29.4 Å². The van der Waals surface area contributed by atoms with Gasteiger partial charge in [-0.1, -0.05) is 42.3 Å². The van der Waals surface area contributed by atoms with Crippen LogP contribution in [0, 0.1) is 5.92 Å². The largest absolute Gasteiger partial charge is 0.482 e. The van der Waals surface area contributed by atoms with Crippen molar-refractivity contribution in [1.82, 2.24) is 10.2 Å². The van der Waals surface area contributed by atoms with Gasteiger partial charge in [0.25, 0.3) is 5.91 Å². The van der Waals surface area contributed by atoms with Crippen LogP contribution >= 0.6 is 23.2 Å².